The number of piperidine rings is 1. The molecule has 0 unspecified atom stereocenters. The van der Waals surface area contributed by atoms with E-state index in [1.165, 1.54) is 6.92 Å². The summed E-state index contributed by atoms with van der Waals surface area (Å²) in [4.78, 5) is 25.9. The fourth-order valence-electron chi connectivity index (χ4n) is 2.61. The molecule has 0 atom stereocenters. The number of ether oxygens (including phenoxy) is 1. The van der Waals surface area contributed by atoms with Gasteiger partial charge in [-0.25, -0.2) is 9.10 Å². The summed E-state index contributed by atoms with van der Waals surface area (Å²) < 4.78 is 33.6. The third-order valence-corrected chi connectivity index (χ3v) is 5.47. The first-order valence-electron chi connectivity index (χ1n) is 8.00. The number of rotatable bonds is 4. The number of hydrogen-bond acceptors (Lipinski definition) is 5. The van der Waals surface area contributed by atoms with E-state index in [0.29, 0.717) is 19.0 Å². The van der Waals surface area contributed by atoms with Crippen LogP contribution in [0.4, 0.5) is 0 Å². The lowest BCUT2D eigenvalue weighted by Crippen LogP contribution is -2.44. The molecule has 1 fully saturated rings. The van der Waals surface area contributed by atoms with Crippen LogP contribution in [0, 0.1) is 5.92 Å². The van der Waals surface area contributed by atoms with Crippen molar-refractivity contribution < 1.29 is 22.7 Å². The van der Waals surface area contributed by atoms with Crippen molar-refractivity contribution in [1.82, 2.24) is 9.21 Å². The maximum absolute atomic E-state index is 12.4. The first-order valence-corrected chi connectivity index (χ1v) is 9.39. The van der Waals surface area contributed by atoms with Crippen LogP contribution in [0.15, 0.2) is 16.2 Å². The summed E-state index contributed by atoms with van der Waals surface area (Å²) in [5, 5.41) is 0. The van der Waals surface area contributed by atoms with Gasteiger partial charge in [-0.15, -0.1) is 4.40 Å². The molecule has 2 rings (SSSR count). The molecule has 134 valence electrons. The molecule has 9 heteroatoms. The van der Waals surface area contributed by atoms with Gasteiger partial charge in [-0.3, -0.25) is 4.79 Å². The van der Waals surface area contributed by atoms with E-state index < -0.39 is 16.2 Å². The number of hydrogen-bond donors (Lipinski definition) is 0. The van der Waals surface area contributed by atoms with Crippen molar-refractivity contribution in [3.63, 3.8) is 0 Å². The summed E-state index contributed by atoms with van der Waals surface area (Å²) in [6.45, 7) is 6.24. The van der Waals surface area contributed by atoms with Gasteiger partial charge < -0.3 is 9.64 Å². The molecular weight excluding hydrogens is 334 g/mol. The lowest BCUT2D eigenvalue weighted by molar-refractivity contribution is -0.138. The Morgan fingerprint density at radius 1 is 1.33 bits per heavy atom. The lowest BCUT2D eigenvalue weighted by Gasteiger charge is -2.32. The Hall–Kier alpha value is -1.90. The van der Waals surface area contributed by atoms with Crippen LogP contribution in [0.2, 0.25) is 0 Å². The van der Waals surface area contributed by atoms with E-state index >= 15 is 0 Å². The predicted molar refractivity (Wildman–Crippen MR) is 88.4 cm³/mol. The molecule has 0 spiro atoms. The Balaban J connectivity index is 2.15. The standard InChI is InChI=1S/C15H23N3O5S/c1-4-23-15(20)13-9-18(24(21,22)16-12(13)3)10-14(19)17-7-5-11(2)6-8-17/h9,11H,4-8,10H2,1-3H3. The van der Waals surface area contributed by atoms with Crippen LogP contribution in [-0.4, -0.2) is 61.5 Å². The topological polar surface area (TPSA) is 96.4 Å². The highest BCUT2D eigenvalue weighted by atomic mass is 32.2. The molecule has 0 aromatic heterocycles. The summed E-state index contributed by atoms with van der Waals surface area (Å²) in [6, 6.07) is 0. The van der Waals surface area contributed by atoms with Crippen molar-refractivity contribution in [2.45, 2.75) is 33.6 Å². The number of likely N-dealkylation sites (tertiary alicyclic amines) is 1. The second-order valence-corrected chi connectivity index (χ2v) is 7.57. The molecule has 2 aliphatic heterocycles. The van der Waals surface area contributed by atoms with Crippen molar-refractivity contribution in [1.29, 1.82) is 0 Å². The van der Waals surface area contributed by atoms with E-state index in [1.807, 2.05) is 0 Å². The third-order valence-electron chi connectivity index (χ3n) is 4.13. The SMILES string of the molecule is CCOC(=O)C1=CN(CC(=O)N2CCC(C)CC2)S(=O)(=O)N=C1C. The van der Waals surface area contributed by atoms with Gasteiger partial charge in [0.25, 0.3) is 0 Å². The quantitative estimate of drug-likeness (QED) is 0.691. The molecule has 0 aliphatic carbocycles. The summed E-state index contributed by atoms with van der Waals surface area (Å²) in [5.74, 6) is -0.382. The second-order valence-electron chi connectivity index (χ2n) is 6.03. The van der Waals surface area contributed by atoms with Gasteiger partial charge in [0.05, 0.1) is 17.9 Å². The zero-order valence-electron chi connectivity index (χ0n) is 14.2. The molecular formula is C15H23N3O5S. The molecule has 8 nitrogen and oxygen atoms in total. The number of carbonyl (C=O) groups excluding carboxylic acids is 2. The molecule has 2 heterocycles. The Kier molecular flexibility index (Phi) is 5.63. The van der Waals surface area contributed by atoms with Crippen LogP contribution in [0.3, 0.4) is 0 Å². The molecule has 0 saturated carbocycles. The van der Waals surface area contributed by atoms with Gasteiger partial charge in [0, 0.05) is 19.3 Å². The largest absolute Gasteiger partial charge is 0.462 e. The van der Waals surface area contributed by atoms with E-state index in [1.54, 1.807) is 11.8 Å². The van der Waals surface area contributed by atoms with Crippen LogP contribution in [0.25, 0.3) is 0 Å². The van der Waals surface area contributed by atoms with Gasteiger partial charge in [0.2, 0.25) is 5.91 Å². The molecule has 0 bridgehead atoms. The highest BCUT2D eigenvalue weighted by Crippen LogP contribution is 2.20. The zero-order chi connectivity index (χ0) is 17.9. The molecule has 24 heavy (non-hydrogen) atoms. The summed E-state index contributed by atoms with van der Waals surface area (Å²) >= 11 is 0. The monoisotopic (exact) mass is 357 g/mol. The van der Waals surface area contributed by atoms with Crippen molar-refractivity contribution in [2.24, 2.45) is 10.3 Å². The number of nitrogens with zero attached hydrogens (tertiary/aromatic N) is 3. The average Bonchev–Trinajstić information content (AvgIpc) is 2.50. The molecule has 2 aliphatic rings. The van der Waals surface area contributed by atoms with Crippen LogP contribution in [0.5, 0.6) is 0 Å². The molecule has 0 aromatic carbocycles. The van der Waals surface area contributed by atoms with E-state index in [9.17, 15) is 18.0 Å². The smallest absolute Gasteiger partial charge is 0.344 e. The van der Waals surface area contributed by atoms with E-state index in [-0.39, 0.29) is 30.3 Å². The van der Waals surface area contributed by atoms with Crippen molar-refractivity contribution >= 4 is 27.8 Å². The Morgan fingerprint density at radius 3 is 2.54 bits per heavy atom. The fourth-order valence-corrected chi connectivity index (χ4v) is 3.67. The average molecular weight is 357 g/mol. The van der Waals surface area contributed by atoms with Crippen LogP contribution in [-0.2, 0) is 24.5 Å². The Bertz CT molecular complexity index is 675. The van der Waals surface area contributed by atoms with Crippen molar-refractivity contribution in [2.75, 3.05) is 26.2 Å². The van der Waals surface area contributed by atoms with Gasteiger partial charge in [0.15, 0.2) is 0 Å². The predicted octanol–water partition coefficient (Wildman–Crippen LogP) is 0.713. The minimum Gasteiger partial charge on any atom is -0.462 e. The maximum atomic E-state index is 12.4. The molecule has 1 amide bonds. The minimum atomic E-state index is -4.01. The van der Waals surface area contributed by atoms with Gasteiger partial charge in [-0.2, -0.15) is 8.42 Å². The molecule has 1 saturated heterocycles. The summed E-state index contributed by atoms with van der Waals surface area (Å²) in [7, 11) is -4.01. The Morgan fingerprint density at radius 2 is 1.96 bits per heavy atom. The number of amides is 1. The van der Waals surface area contributed by atoms with Crippen LogP contribution >= 0.6 is 0 Å². The van der Waals surface area contributed by atoms with Crippen molar-refractivity contribution in [3.05, 3.63) is 11.8 Å². The van der Waals surface area contributed by atoms with Crippen LogP contribution in [0.1, 0.15) is 33.6 Å². The molecule has 0 radical (unpaired) electrons. The summed E-state index contributed by atoms with van der Waals surface area (Å²) in [5.41, 5.74) is 0.107. The van der Waals surface area contributed by atoms with Gasteiger partial charge in [0.1, 0.15) is 6.54 Å². The fraction of sp³-hybridized carbons (Fsp3) is 0.667. The Labute approximate surface area is 142 Å². The first-order chi connectivity index (χ1) is 11.2. The number of carbonyl (C=O) groups is 2. The van der Waals surface area contributed by atoms with Gasteiger partial charge >= 0.3 is 16.2 Å². The van der Waals surface area contributed by atoms with E-state index in [0.717, 1.165) is 23.3 Å². The minimum absolute atomic E-state index is 0.0479. The van der Waals surface area contributed by atoms with Gasteiger partial charge in [-0.1, -0.05) is 6.92 Å². The summed E-state index contributed by atoms with van der Waals surface area (Å²) in [6.07, 6.45) is 2.94. The second kappa shape index (κ2) is 7.33. The lowest BCUT2D eigenvalue weighted by atomic mass is 9.99. The van der Waals surface area contributed by atoms with Gasteiger partial charge in [-0.05, 0) is 32.6 Å². The maximum Gasteiger partial charge on any atom is 0.344 e. The van der Waals surface area contributed by atoms with E-state index in [4.69, 9.17) is 4.74 Å². The number of esters is 1. The third kappa shape index (κ3) is 4.14. The first kappa shape index (κ1) is 18.4. The zero-order valence-corrected chi connectivity index (χ0v) is 15.0. The molecule has 0 N–H and O–H groups in total. The van der Waals surface area contributed by atoms with E-state index in [2.05, 4.69) is 11.3 Å². The highest BCUT2D eigenvalue weighted by Gasteiger charge is 2.31. The van der Waals surface area contributed by atoms with Crippen LogP contribution < -0.4 is 0 Å². The highest BCUT2D eigenvalue weighted by molar-refractivity contribution is 7.88. The molecule has 0 aromatic rings. The normalized spacial score (nSPS) is 21.1. The van der Waals surface area contributed by atoms with Crippen molar-refractivity contribution in [3.8, 4) is 0 Å².